The van der Waals surface area contributed by atoms with Crippen molar-refractivity contribution in [3.63, 3.8) is 0 Å². The van der Waals surface area contributed by atoms with Gasteiger partial charge in [0.1, 0.15) is 0 Å². The van der Waals surface area contributed by atoms with E-state index in [1.165, 1.54) is 4.88 Å². The predicted molar refractivity (Wildman–Crippen MR) is 74.2 cm³/mol. The van der Waals surface area contributed by atoms with E-state index in [1.807, 2.05) is 24.0 Å². The molecule has 19 heavy (non-hydrogen) atoms. The van der Waals surface area contributed by atoms with Crippen LogP contribution in [-0.2, 0) is 4.79 Å². The van der Waals surface area contributed by atoms with Gasteiger partial charge in [-0.05, 0) is 37.8 Å². The number of rotatable bonds is 1. The molecule has 2 atom stereocenters. The lowest BCUT2D eigenvalue weighted by Crippen LogP contribution is -2.55. The molecule has 2 aliphatic rings. The van der Waals surface area contributed by atoms with Gasteiger partial charge in [0.25, 0.3) is 5.91 Å². The lowest BCUT2D eigenvalue weighted by Gasteiger charge is -2.41. The van der Waals surface area contributed by atoms with Gasteiger partial charge in [-0.15, -0.1) is 11.3 Å². The monoisotopic (exact) mass is 278 g/mol. The van der Waals surface area contributed by atoms with Crippen LogP contribution in [0.15, 0.2) is 12.1 Å². The molecular weight excluding hydrogens is 260 g/mol. The van der Waals surface area contributed by atoms with Gasteiger partial charge in [-0.25, -0.2) is 0 Å². The van der Waals surface area contributed by atoms with Gasteiger partial charge in [0.05, 0.1) is 4.88 Å². The molecule has 1 aromatic rings. The van der Waals surface area contributed by atoms with Crippen LogP contribution >= 0.6 is 11.3 Å². The molecule has 102 valence electrons. The summed E-state index contributed by atoms with van der Waals surface area (Å²) in [5.41, 5.74) is 0. The summed E-state index contributed by atoms with van der Waals surface area (Å²) in [5, 5.41) is 3.05. The van der Waals surface area contributed by atoms with Crippen LogP contribution in [0.2, 0.25) is 0 Å². The van der Waals surface area contributed by atoms with Crippen LogP contribution in [0.3, 0.4) is 0 Å². The zero-order chi connectivity index (χ0) is 13.4. The van der Waals surface area contributed by atoms with Gasteiger partial charge in [0.15, 0.2) is 0 Å². The van der Waals surface area contributed by atoms with Crippen molar-refractivity contribution in [2.75, 3.05) is 13.1 Å². The van der Waals surface area contributed by atoms with E-state index in [-0.39, 0.29) is 17.9 Å². The second kappa shape index (κ2) is 4.96. The van der Waals surface area contributed by atoms with E-state index in [0.717, 1.165) is 30.8 Å². The number of likely N-dealkylation sites (tertiary alicyclic amines) is 1. The Balaban J connectivity index is 1.68. The average Bonchev–Trinajstić information content (AvgIpc) is 2.84. The van der Waals surface area contributed by atoms with Crippen LogP contribution in [0.4, 0.5) is 0 Å². The minimum Gasteiger partial charge on any atom is -0.353 e. The van der Waals surface area contributed by atoms with Gasteiger partial charge in [0, 0.05) is 30.4 Å². The molecule has 1 N–H and O–H groups in total. The zero-order valence-electron chi connectivity index (χ0n) is 11.0. The molecule has 4 nitrogen and oxygen atoms in total. The van der Waals surface area contributed by atoms with E-state index >= 15 is 0 Å². The highest BCUT2D eigenvalue weighted by Crippen LogP contribution is 2.27. The molecule has 5 heteroatoms. The van der Waals surface area contributed by atoms with Crippen LogP contribution in [0.25, 0.3) is 0 Å². The number of carbonyl (C=O) groups is 2. The smallest absolute Gasteiger partial charge is 0.263 e. The molecule has 2 fully saturated rings. The fourth-order valence-electron chi connectivity index (χ4n) is 3.00. The Bertz CT molecular complexity index is 511. The number of hydrogen-bond donors (Lipinski definition) is 1. The molecule has 0 bridgehead atoms. The molecule has 2 amide bonds. The molecule has 0 radical (unpaired) electrons. The van der Waals surface area contributed by atoms with Crippen molar-refractivity contribution >= 4 is 23.2 Å². The van der Waals surface area contributed by atoms with Crippen molar-refractivity contribution in [1.29, 1.82) is 0 Å². The van der Waals surface area contributed by atoms with Crippen molar-refractivity contribution in [1.82, 2.24) is 10.2 Å². The fourth-order valence-corrected chi connectivity index (χ4v) is 3.84. The molecule has 1 aromatic heterocycles. The number of fused-ring (bicyclic) bond motifs is 1. The molecule has 2 saturated heterocycles. The van der Waals surface area contributed by atoms with Crippen molar-refractivity contribution in [3.05, 3.63) is 21.9 Å². The van der Waals surface area contributed by atoms with E-state index in [4.69, 9.17) is 0 Å². The number of piperidine rings is 2. The Kier molecular flexibility index (Phi) is 3.31. The van der Waals surface area contributed by atoms with Crippen LogP contribution < -0.4 is 5.32 Å². The van der Waals surface area contributed by atoms with Crippen LogP contribution in [0.5, 0.6) is 0 Å². The van der Waals surface area contributed by atoms with Crippen LogP contribution in [0, 0.1) is 12.8 Å². The van der Waals surface area contributed by atoms with E-state index < -0.39 is 0 Å². The standard InChI is InChI=1S/C14H18N2O2S/c1-9-2-4-12(19-9)14(18)16-7-6-11-10(8-16)3-5-13(17)15-11/h2,4,10-11H,3,5-8H2,1H3,(H,15,17). The van der Waals surface area contributed by atoms with Gasteiger partial charge < -0.3 is 10.2 Å². The van der Waals surface area contributed by atoms with Crippen molar-refractivity contribution in [3.8, 4) is 0 Å². The molecule has 3 rings (SSSR count). The summed E-state index contributed by atoms with van der Waals surface area (Å²) in [4.78, 5) is 27.7. The average molecular weight is 278 g/mol. The Morgan fingerprint density at radius 3 is 3.00 bits per heavy atom. The first-order valence-electron chi connectivity index (χ1n) is 6.78. The highest BCUT2D eigenvalue weighted by Gasteiger charge is 2.35. The summed E-state index contributed by atoms with van der Waals surface area (Å²) in [6.07, 6.45) is 2.39. The highest BCUT2D eigenvalue weighted by molar-refractivity contribution is 7.13. The third-order valence-electron chi connectivity index (χ3n) is 4.06. The summed E-state index contributed by atoms with van der Waals surface area (Å²) in [7, 11) is 0. The van der Waals surface area contributed by atoms with E-state index in [2.05, 4.69) is 5.32 Å². The van der Waals surface area contributed by atoms with Gasteiger partial charge in [-0.2, -0.15) is 0 Å². The molecule has 0 spiro atoms. The molecule has 0 aliphatic carbocycles. The highest BCUT2D eigenvalue weighted by atomic mass is 32.1. The second-order valence-corrected chi connectivity index (χ2v) is 6.71. The summed E-state index contributed by atoms with van der Waals surface area (Å²) < 4.78 is 0. The Hall–Kier alpha value is -1.36. The third-order valence-corrected chi connectivity index (χ3v) is 5.05. The number of nitrogens with zero attached hydrogens (tertiary/aromatic N) is 1. The Morgan fingerprint density at radius 2 is 2.26 bits per heavy atom. The van der Waals surface area contributed by atoms with Crippen molar-refractivity contribution in [2.45, 2.75) is 32.2 Å². The van der Waals surface area contributed by atoms with E-state index in [1.54, 1.807) is 11.3 Å². The zero-order valence-corrected chi connectivity index (χ0v) is 11.8. The molecule has 3 heterocycles. The number of amides is 2. The SMILES string of the molecule is Cc1ccc(C(=O)N2CCC3NC(=O)CCC3C2)s1. The fraction of sp³-hybridized carbons (Fsp3) is 0.571. The number of nitrogens with one attached hydrogen (secondary N) is 1. The summed E-state index contributed by atoms with van der Waals surface area (Å²) >= 11 is 1.56. The Labute approximate surface area is 116 Å². The van der Waals surface area contributed by atoms with Gasteiger partial charge in [-0.3, -0.25) is 9.59 Å². The maximum atomic E-state index is 12.4. The Morgan fingerprint density at radius 1 is 1.42 bits per heavy atom. The number of carbonyl (C=O) groups excluding carboxylic acids is 2. The van der Waals surface area contributed by atoms with E-state index in [9.17, 15) is 9.59 Å². The van der Waals surface area contributed by atoms with E-state index in [0.29, 0.717) is 12.3 Å². The van der Waals surface area contributed by atoms with Gasteiger partial charge >= 0.3 is 0 Å². The quantitative estimate of drug-likeness (QED) is 0.851. The molecule has 0 aromatic carbocycles. The molecule has 0 saturated carbocycles. The third kappa shape index (κ3) is 2.52. The van der Waals surface area contributed by atoms with Crippen LogP contribution in [0.1, 0.15) is 33.8 Å². The second-order valence-electron chi connectivity index (χ2n) is 5.42. The number of thiophene rings is 1. The van der Waals surface area contributed by atoms with Crippen molar-refractivity contribution < 1.29 is 9.59 Å². The normalized spacial score (nSPS) is 26.8. The summed E-state index contributed by atoms with van der Waals surface area (Å²) in [6, 6.07) is 4.18. The lowest BCUT2D eigenvalue weighted by atomic mass is 9.85. The first-order chi connectivity index (χ1) is 9.13. The van der Waals surface area contributed by atoms with Gasteiger partial charge in [0.2, 0.25) is 5.91 Å². The van der Waals surface area contributed by atoms with Gasteiger partial charge in [-0.1, -0.05) is 0 Å². The number of aryl methyl sites for hydroxylation is 1. The minimum atomic E-state index is 0.147. The molecular formula is C14H18N2O2S. The topological polar surface area (TPSA) is 49.4 Å². The largest absolute Gasteiger partial charge is 0.353 e. The predicted octanol–water partition coefficient (Wildman–Crippen LogP) is 1.80. The first kappa shape index (κ1) is 12.7. The maximum Gasteiger partial charge on any atom is 0.263 e. The minimum absolute atomic E-state index is 0.147. The first-order valence-corrected chi connectivity index (χ1v) is 7.60. The molecule has 2 unspecified atom stereocenters. The maximum absolute atomic E-state index is 12.4. The summed E-state index contributed by atoms with van der Waals surface area (Å²) in [5.74, 6) is 0.736. The summed E-state index contributed by atoms with van der Waals surface area (Å²) in [6.45, 7) is 3.54. The molecule has 2 aliphatic heterocycles. The number of hydrogen-bond acceptors (Lipinski definition) is 3. The van der Waals surface area contributed by atoms with Crippen LogP contribution in [-0.4, -0.2) is 35.8 Å². The lowest BCUT2D eigenvalue weighted by molar-refractivity contribution is -0.125. The van der Waals surface area contributed by atoms with Crippen molar-refractivity contribution in [2.24, 2.45) is 5.92 Å².